The SMILES string of the molecule is CCc1c(NS(=O)(=O)C2=CC(Cl)CC3=C2CC[C@H]3O)ccc(F)c1-c1cc(CC)c2nc(NC3CCN(C(=O)OC(C)(C)C)CC3)ncc2c1. The summed E-state index contributed by atoms with van der Waals surface area (Å²) in [6.45, 7) is 10.6. The van der Waals surface area contributed by atoms with Gasteiger partial charge in [0.2, 0.25) is 5.95 Å². The molecule has 2 atom stereocenters. The summed E-state index contributed by atoms with van der Waals surface area (Å²) < 4.78 is 51.6. The molecule has 50 heavy (non-hydrogen) atoms. The summed E-state index contributed by atoms with van der Waals surface area (Å²) in [5.41, 5.74) is 4.11. The van der Waals surface area contributed by atoms with Crippen molar-refractivity contribution in [1.29, 1.82) is 0 Å². The van der Waals surface area contributed by atoms with Crippen molar-refractivity contribution < 1.29 is 27.4 Å². The van der Waals surface area contributed by atoms with Crippen molar-refractivity contribution in [1.82, 2.24) is 14.9 Å². The predicted octanol–water partition coefficient (Wildman–Crippen LogP) is 7.46. The maximum Gasteiger partial charge on any atom is 0.410 e. The molecule has 1 aliphatic heterocycles. The summed E-state index contributed by atoms with van der Waals surface area (Å²) in [6.07, 6.45) is 6.01. The Morgan fingerprint density at radius 1 is 1.14 bits per heavy atom. The third kappa shape index (κ3) is 7.48. The average molecular weight is 726 g/mol. The number of hydrogen-bond acceptors (Lipinski definition) is 8. The van der Waals surface area contributed by atoms with Crippen molar-refractivity contribution in [3.05, 3.63) is 69.5 Å². The molecule has 10 nitrogen and oxygen atoms in total. The number of piperidine rings is 1. The zero-order valence-electron chi connectivity index (χ0n) is 29.1. The van der Waals surface area contributed by atoms with Gasteiger partial charge in [0.15, 0.2) is 0 Å². The minimum Gasteiger partial charge on any atom is -0.444 e. The normalized spacial score (nSPS) is 20.2. The Bertz CT molecular complexity index is 1990. The largest absolute Gasteiger partial charge is 0.444 e. The van der Waals surface area contributed by atoms with E-state index in [9.17, 15) is 18.3 Å². The van der Waals surface area contributed by atoms with Gasteiger partial charge < -0.3 is 20.1 Å². The fraction of sp³-hybridized carbons (Fsp3) is 0.486. The Balaban J connectivity index is 1.26. The summed E-state index contributed by atoms with van der Waals surface area (Å²) >= 11 is 6.41. The van der Waals surface area contributed by atoms with Crippen LogP contribution in [-0.4, -0.2) is 70.7 Å². The number of fused-ring (bicyclic) bond motifs is 1. The number of nitrogens with zero attached hydrogens (tertiary/aromatic N) is 3. The highest BCUT2D eigenvalue weighted by Gasteiger charge is 2.36. The van der Waals surface area contributed by atoms with Crippen LogP contribution in [0, 0.1) is 5.82 Å². The highest BCUT2D eigenvalue weighted by Crippen LogP contribution is 2.42. The van der Waals surface area contributed by atoms with E-state index in [4.69, 9.17) is 21.3 Å². The fourth-order valence-corrected chi connectivity index (χ4v) is 9.01. The number of aromatic nitrogens is 2. The highest BCUT2D eigenvalue weighted by atomic mass is 35.5. The van der Waals surface area contributed by atoms with Crippen LogP contribution < -0.4 is 10.0 Å². The number of hydrogen-bond donors (Lipinski definition) is 3. The third-order valence-electron chi connectivity index (χ3n) is 9.56. The fourth-order valence-electron chi connectivity index (χ4n) is 7.16. The number of halogens is 2. The molecule has 1 amide bonds. The molecule has 1 fully saturated rings. The zero-order valence-corrected chi connectivity index (χ0v) is 30.7. The quantitative estimate of drug-likeness (QED) is 0.204. The molecule has 268 valence electrons. The van der Waals surface area contributed by atoms with E-state index in [0.29, 0.717) is 79.0 Å². The minimum atomic E-state index is -4.09. The molecule has 1 unspecified atom stereocenters. The van der Waals surface area contributed by atoms with Crippen molar-refractivity contribution in [2.45, 2.75) is 103 Å². The van der Waals surface area contributed by atoms with Gasteiger partial charge in [-0.1, -0.05) is 13.8 Å². The number of allylic oxidation sites excluding steroid dienone is 2. The van der Waals surface area contributed by atoms with Gasteiger partial charge in [0.05, 0.1) is 27.6 Å². The van der Waals surface area contributed by atoms with Gasteiger partial charge in [-0.05, 0) is 124 Å². The molecule has 3 aliphatic rings. The second kappa shape index (κ2) is 14.1. The summed E-state index contributed by atoms with van der Waals surface area (Å²) in [6, 6.07) is 6.57. The number of aliphatic hydroxyl groups excluding tert-OH is 1. The van der Waals surface area contributed by atoms with Crippen LogP contribution in [0.5, 0.6) is 0 Å². The van der Waals surface area contributed by atoms with Crippen molar-refractivity contribution in [3.8, 4) is 11.1 Å². The van der Waals surface area contributed by atoms with E-state index in [1.807, 2.05) is 46.8 Å². The van der Waals surface area contributed by atoms with Gasteiger partial charge in [-0.3, -0.25) is 4.72 Å². The predicted molar refractivity (Wildman–Crippen MR) is 195 cm³/mol. The molecule has 0 spiro atoms. The van der Waals surface area contributed by atoms with E-state index < -0.39 is 32.9 Å². The number of benzene rings is 2. The van der Waals surface area contributed by atoms with Crippen molar-refractivity contribution in [3.63, 3.8) is 0 Å². The standard InChI is InChI=1S/C37H45ClFN5O5S/c1-6-21-16-22(17-23-20-40-35(42-34(21)23)41-25-12-14-44(15-13-25)36(46)49-37(3,4)5)33-26(7-2)30(10-9-29(33)39)43-50(47,48)32-19-24(38)18-28-27(32)8-11-31(28)45/h9-10,16-17,19-20,24-25,31,43,45H,6-8,11-15,18H2,1-5H3,(H,40,41,42)/t24?,31-/m1/s1. The Morgan fingerprint density at radius 2 is 1.88 bits per heavy atom. The second-order valence-corrected chi connectivity index (χ2v) is 16.4. The Labute approximate surface area is 298 Å². The number of sulfonamides is 1. The molecule has 0 saturated carbocycles. The van der Waals surface area contributed by atoms with Crippen LogP contribution in [0.4, 0.5) is 20.8 Å². The number of anilines is 2. The zero-order chi connectivity index (χ0) is 36.0. The molecule has 1 aromatic heterocycles. The van der Waals surface area contributed by atoms with Crippen LogP contribution in [0.3, 0.4) is 0 Å². The first kappa shape index (κ1) is 36.1. The van der Waals surface area contributed by atoms with Gasteiger partial charge >= 0.3 is 6.09 Å². The lowest BCUT2D eigenvalue weighted by Crippen LogP contribution is -2.44. The molecular formula is C37H45ClFN5O5S. The summed E-state index contributed by atoms with van der Waals surface area (Å²) in [4.78, 5) is 23.7. The smallest absolute Gasteiger partial charge is 0.410 e. The minimum absolute atomic E-state index is 0.0809. The van der Waals surface area contributed by atoms with E-state index in [1.165, 1.54) is 18.2 Å². The maximum atomic E-state index is 15.8. The molecule has 3 aromatic rings. The maximum absolute atomic E-state index is 15.8. The topological polar surface area (TPSA) is 134 Å². The molecule has 0 bridgehead atoms. The van der Waals surface area contributed by atoms with Crippen LogP contribution >= 0.6 is 11.6 Å². The first-order valence-corrected chi connectivity index (χ1v) is 19.2. The first-order valence-electron chi connectivity index (χ1n) is 17.3. The number of aliphatic hydroxyl groups is 1. The lowest BCUT2D eigenvalue weighted by molar-refractivity contribution is 0.0210. The van der Waals surface area contributed by atoms with E-state index >= 15 is 4.39 Å². The van der Waals surface area contributed by atoms with Gasteiger partial charge in [0.1, 0.15) is 11.4 Å². The molecule has 2 aromatic carbocycles. The Morgan fingerprint density at radius 3 is 2.56 bits per heavy atom. The van der Waals surface area contributed by atoms with Crippen LogP contribution in [0.2, 0.25) is 0 Å². The second-order valence-electron chi connectivity index (χ2n) is 14.2. The lowest BCUT2D eigenvalue weighted by atomic mass is 9.93. The van der Waals surface area contributed by atoms with E-state index in [2.05, 4.69) is 15.0 Å². The number of carbonyl (C=O) groups excluding carboxylic acids is 1. The van der Waals surface area contributed by atoms with Gasteiger partial charge in [0, 0.05) is 36.3 Å². The van der Waals surface area contributed by atoms with Crippen molar-refractivity contribution in [2.24, 2.45) is 0 Å². The van der Waals surface area contributed by atoms with Gasteiger partial charge in [-0.15, -0.1) is 11.6 Å². The molecule has 1 saturated heterocycles. The number of carbonyl (C=O) groups is 1. The molecule has 6 rings (SSSR count). The summed E-state index contributed by atoms with van der Waals surface area (Å²) in [5, 5.41) is 14.0. The number of ether oxygens (including phenoxy) is 1. The Kier molecular flexibility index (Phi) is 10.2. The van der Waals surface area contributed by atoms with E-state index in [1.54, 1.807) is 11.1 Å². The number of alkyl halides is 1. The number of nitrogens with one attached hydrogen (secondary N) is 2. The molecular weight excluding hydrogens is 681 g/mol. The molecule has 3 N–H and O–H groups in total. The molecule has 2 heterocycles. The van der Waals surface area contributed by atoms with E-state index in [-0.39, 0.29) is 22.7 Å². The number of rotatable bonds is 8. The number of likely N-dealkylation sites (tertiary alicyclic amines) is 1. The highest BCUT2D eigenvalue weighted by molar-refractivity contribution is 7.96. The van der Waals surface area contributed by atoms with Crippen LogP contribution in [0.25, 0.3) is 22.0 Å². The van der Waals surface area contributed by atoms with E-state index in [0.717, 1.165) is 29.3 Å². The first-order chi connectivity index (χ1) is 23.7. The van der Waals surface area contributed by atoms with Gasteiger partial charge in [-0.25, -0.2) is 27.6 Å². The summed E-state index contributed by atoms with van der Waals surface area (Å²) in [5.74, 6) is 0.0153. The van der Waals surface area contributed by atoms with Crippen LogP contribution in [-0.2, 0) is 27.6 Å². The monoisotopic (exact) mass is 725 g/mol. The lowest BCUT2D eigenvalue weighted by Gasteiger charge is -2.33. The average Bonchev–Trinajstić information content (AvgIpc) is 3.43. The van der Waals surface area contributed by atoms with Crippen LogP contribution in [0.15, 0.2) is 52.6 Å². The Hall–Kier alpha value is -3.74. The van der Waals surface area contributed by atoms with Gasteiger partial charge in [-0.2, -0.15) is 0 Å². The van der Waals surface area contributed by atoms with Crippen LogP contribution in [0.1, 0.15) is 77.8 Å². The number of aryl methyl sites for hydroxylation is 1. The molecule has 0 radical (unpaired) electrons. The van der Waals surface area contributed by atoms with Crippen molar-refractivity contribution in [2.75, 3.05) is 23.1 Å². The molecule has 2 aliphatic carbocycles. The van der Waals surface area contributed by atoms with Crippen molar-refractivity contribution >= 4 is 50.3 Å². The number of amides is 1. The summed E-state index contributed by atoms with van der Waals surface area (Å²) in [7, 11) is -4.09. The third-order valence-corrected chi connectivity index (χ3v) is 11.3. The molecule has 13 heteroatoms. The van der Waals surface area contributed by atoms with Gasteiger partial charge in [0.25, 0.3) is 10.0 Å².